The predicted octanol–water partition coefficient (Wildman–Crippen LogP) is 2.63. The van der Waals surface area contributed by atoms with Crippen molar-refractivity contribution in [2.75, 3.05) is 0 Å². The Balaban J connectivity index is 2.05. The first-order chi connectivity index (χ1) is 8.19. The topological polar surface area (TPSA) is 44.9 Å². The molecule has 90 valence electrons. The van der Waals surface area contributed by atoms with Gasteiger partial charge in [0.2, 0.25) is 5.91 Å². The van der Waals surface area contributed by atoms with E-state index in [4.69, 9.17) is 0 Å². The van der Waals surface area contributed by atoms with Crippen LogP contribution in [0.2, 0.25) is 0 Å². The van der Waals surface area contributed by atoms with Gasteiger partial charge >= 0.3 is 0 Å². The number of amides is 1. The molecule has 2 aromatic rings. The lowest BCUT2D eigenvalue weighted by atomic mass is 10.1. The average Bonchev–Trinajstić information content (AvgIpc) is 2.75. The standard InChI is InChI=1S/C14H18N2O/c1-3-10(2)16-14(17)9-11-4-5-13-12(8-11)6-7-15-13/h4-8,10,15H,3,9H2,1-2H3,(H,16,17). The molecular formula is C14H18N2O. The highest BCUT2D eigenvalue weighted by molar-refractivity contribution is 5.83. The lowest BCUT2D eigenvalue weighted by Gasteiger charge is -2.11. The fraction of sp³-hybridized carbons (Fsp3) is 0.357. The van der Waals surface area contributed by atoms with Crippen LogP contribution in [0.15, 0.2) is 30.5 Å². The van der Waals surface area contributed by atoms with Crippen LogP contribution in [0.4, 0.5) is 0 Å². The molecule has 0 aliphatic rings. The molecule has 1 heterocycles. The van der Waals surface area contributed by atoms with Crippen molar-refractivity contribution in [3.05, 3.63) is 36.0 Å². The molecule has 1 amide bonds. The number of fused-ring (bicyclic) bond motifs is 1. The molecule has 0 aliphatic heterocycles. The van der Waals surface area contributed by atoms with Gasteiger partial charge < -0.3 is 10.3 Å². The minimum atomic E-state index is 0.0919. The highest BCUT2D eigenvalue weighted by Gasteiger charge is 2.07. The first-order valence-electron chi connectivity index (χ1n) is 6.04. The molecule has 0 spiro atoms. The molecule has 3 heteroatoms. The van der Waals surface area contributed by atoms with Crippen LogP contribution in [0.1, 0.15) is 25.8 Å². The first-order valence-corrected chi connectivity index (χ1v) is 6.04. The van der Waals surface area contributed by atoms with Gasteiger partial charge in [-0.15, -0.1) is 0 Å². The molecule has 0 radical (unpaired) electrons. The van der Waals surface area contributed by atoms with Gasteiger partial charge in [0.25, 0.3) is 0 Å². The molecule has 1 aromatic heterocycles. The molecule has 1 unspecified atom stereocenters. The summed E-state index contributed by atoms with van der Waals surface area (Å²) in [5.41, 5.74) is 2.16. The van der Waals surface area contributed by atoms with E-state index >= 15 is 0 Å². The lowest BCUT2D eigenvalue weighted by molar-refractivity contribution is -0.121. The van der Waals surface area contributed by atoms with Gasteiger partial charge in [-0.05, 0) is 42.5 Å². The highest BCUT2D eigenvalue weighted by atomic mass is 16.1. The van der Waals surface area contributed by atoms with Crippen molar-refractivity contribution >= 4 is 16.8 Å². The van der Waals surface area contributed by atoms with Gasteiger partial charge in [0.05, 0.1) is 6.42 Å². The maximum Gasteiger partial charge on any atom is 0.224 e. The molecule has 17 heavy (non-hydrogen) atoms. The number of carbonyl (C=O) groups excluding carboxylic acids is 1. The fourth-order valence-electron chi connectivity index (χ4n) is 1.83. The van der Waals surface area contributed by atoms with Crippen molar-refractivity contribution in [1.29, 1.82) is 0 Å². The van der Waals surface area contributed by atoms with Gasteiger partial charge in [0.15, 0.2) is 0 Å². The Morgan fingerprint density at radius 2 is 2.24 bits per heavy atom. The molecule has 2 rings (SSSR count). The van der Waals surface area contributed by atoms with Crippen LogP contribution in [0.25, 0.3) is 10.9 Å². The van der Waals surface area contributed by atoms with E-state index in [-0.39, 0.29) is 11.9 Å². The fourth-order valence-corrected chi connectivity index (χ4v) is 1.83. The molecule has 2 N–H and O–H groups in total. The van der Waals surface area contributed by atoms with Gasteiger partial charge in [-0.25, -0.2) is 0 Å². The van der Waals surface area contributed by atoms with Crippen molar-refractivity contribution in [1.82, 2.24) is 10.3 Å². The quantitative estimate of drug-likeness (QED) is 0.833. The van der Waals surface area contributed by atoms with Crippen LogP contribution >= 0.6 is 0 Å². The Hall–Kier alpha value is -1.77. The molecule has 0 fully saturated rings. The molecule has 0 aliphatic carbocycles. The molecule has 3 nitrogen and oxygen atoms in total. The number of rotatable bonds is 4. The van der Waals surface area contributed by atoms with Gasteiger partial charge in [0.1, 0.15) is 0 Å². The van der Waals surface area contributed by atoms with E-state index in [1.165, 1.54) is 0 Å². The zero-order chi connectivity index (χ0) is 12.3. The van der Waals surface area contributed by atoms with Crippen molar-refractivity contribution in [3.8, 4) is 0 Å². The summed E-state index contributed by atoms with van der Waals surface area (Å²) in [6.45, 7) is 4.09. The van der Waals surface area contributed by atoms with E-state index in [1.807, 2.05) is 31.3 Å². The normalized spacial score (nSPS) is 12.6. The van der Waals surface area contributed by atoms with Crippen molar-refractivity contribution < 1.29 is 4.79 Å². The number of aromatic nitrogens is 1. The minimum Gasteiger partial charge on any atom is -0.361 e. The van der Waals surface area contributed by atoms with E-state index in [0.29, 0.717) is 6.42 Å². The summed E-state index contributed by atoms with van der Waals surface area (Å²) in [5.74, 6) is 0.0919. The number of hydrogen-bond acceptors (Lipinski definition) is 1. The Labute approximate surface area is 101 Å². The third kappa shape index (κ3) is 2.87. The number of hydrogen-bond donors (Lipinski definition) is 2. The Bertz CT molecular complexity index is 516. The van der Waals surface area contributed by atoms with Crippen molar-refractivity contribution in [3.63, 3.8) is 0 Å². The summed E-state index contributed by atoms with van der Waals surface area (Å²) in [6, 6.07) is 8.34. The second kappa shape index (κ2) is 5.04. The minimum absolute atomic E-state index is 0.0919. The van der Waals surface area contributed by atoms with E-state index in [2.05, 4.69) is 23.3 Å². The predicted molar refractivity (Wildman–Crippen MR) is 69.9 cm³/mol. The average molecular weight is 230 g/mol. The summed E-state index contributed by atoms with van der Waals surface area (Å²) < 4.78 is 0. The summed E-state index contributed by atoms with van der Waals surface area (Å²) >= 11 is 0. The molecule has 1 atom stereocenters. The van der Waals surface area contributed by atoms with E-state index in [0.717, 1.165) is 22.9 Å². The maximum absolute atomic E-state index is 11.7. The Morgan fingerprint density at radius 1 is 1.41 bits per heavy atom. The third-order valence-electron chi connectivity index (χ3n) is 3.00. The molecule has 1 aromatic carbocycles. The second-order valence-electron chi connectivity index (χ2n) is 4.45. The van der Waals surface area contributed by atoms with Crippen LogP contribution in [-0.2, 0) is 11.2 Å². The summed E-state index contributed by atoms with van der Waals surface area (Å²) in [7, 11) is 0. The van der Waals surface area contributed by atoms with Crippen LogP contribution in [-0.4, -0.2) is 16.9 Å². The van der Waals surface area contributed by atoms with Gasteiger partial charge in [-0.1, -0.05) is 13.0 Å². The van der Waals surface area contributed by atoms with Crippen molar-refractivity contribution in [2.45, 2.75) is 32.7 Å². The SMILES string of the molecule is CCC(C)NC(=O)Cc1ccc2[nH]ccc2c1. The Kier molecular flexibility index (Phi) is 3.47. The van der Waals surface area contributed by atoms with E-state index < -0.39 is 0 Å². The largest absolute Gasteiger partial charge is 0.361 e. The number of aromatic amines is 1. The van der Waals surface area contributed by atoms with Crippen LogP contribution < -0.4 is 5.32 Å². The molecular weight excluding hydrogens is 212 g/mol. The van der Waals surface area contributed by atoms with E-state index in [9.17, 15) is 4.79 Å². The molecule has 0 saturated carbocycles. The first kappa shape index (κ1) is 11.7. The van der Waals surface area contributed by atoms with E-state index in [1.54, 1.807) is 0 Å². The summed E-state index contributed by atoms with van der Waals surface area (Å²) in [5, 5.41) is 4.12. The second-order valence-corrected chi connectivity index (χ2v) is 4.45. The number of carbonyl (C=O) groups is 1. The van der Waals surface area contributed by atoms with Crippen LogP contribution in [0, 0.1) is 0 Å². The summed E-state index contributed by atoms with van der Waals surface area (Å²) in [4.78, 5) is 14.9. The van der Waals surface area contributed by atoms with Gasteiger partial charge in [-0.3, -0.25) is 4.79 Å². The summed E-state index contributed by atoms with van der Waals surface area (Å²) in [6.07, 6.45) is 3.32. The van der Waals surface area contributed by atoms with Crippen LogP contribution in [0.3, 0.4) is 0 Å². The molecule has 0 bridgehead atoms. The zero-order valence-corrected chi connectivity index (χ0v) is 10.3. The monoisotopic (exact) mass is 230 g/mol. The Morgan fingerprint density at radius 3 is 3.00 bits per heavy atom. The molecule has 0 saturated heterocycles. The number of H-pyrrole nitrogens is 1. The smallest absolute Gasteiger partial charge is 0.224 e. The third-order valence-corrected chi connectivity index (χ3v) is 3.00. The highest BCUT2D eigenvalue weighted by Crippen LogP contribution is 2.14. The van der Waals surface area contributed by atoms with Gasteiger partial charge in [-0.2, -0.15) is 0 Å². The zero-order valence-electron chi connectivity index (χ0n) is 10.3. The van der Waals surface area contributed by atoms with Crippen LogP contribution in [0.5, 0.6) is 0 Å². The number of nitrogens with one attached hydrogen (secondary N) is 2. The lowest BCUT2D eigenvalue weighted by Crippen LogP contribution is -2.33. The number of benzene rings is 1. The maximum atomic E-state index is 11.7. The van der Waals surface area contributed by atoms with Crippen molar-refractivity contribution in [2.24, 2.45) is 0 Å². The van der Waals surface area contributed by atoms with Gasteiger partial charge in [0, 0.05) is 17.8 Å².